The van der Waals surface area contributed by atoms with Crippen LogP contribution in [0.5, 0.6) is 0 Å². The molecule has 1 atom stereocenters. The van der Waals surface area contributed by atoms with Crippen LogP contribution >= 0.6 is 0 Å². The van der Waals surface area contributed by atoms with Crippen LogP contribution in [0.2, 0.25) is 0 Å². The fourth-order valence-electron chi connectivity index (χ4n) is 4.57. The van der Waals surface area contributed by atoms with E-state index < -0.39 is 11.6 Å². The number of fused-ring (bicyclic) bond motifs is 2. The highest BCUT2D eigenvalue weighted by Crippen LogP contribution is 2.32. The number of nitrogens with zero attached hydrogens (tertiary/aromatic N) is 3. The highest BCUT2D eigenvalue weighted by Gasteiger charge is 2.29. The quantitative estimate of drug-likeness (QED) is 0.663. The Morgan fingerprint density at radius 1 is 1.19 bits per heavy atom. The molecule has 2 heterocycles. The van der Waals surface area contributed by atoms with Gasteiger partial charge in [-0.15, -0.1) is 0 Å². The summed E-state index contributed by atoms with van der Waals surface area (Å²) < 4.78 is 29.0. The Hall–Kier alpha value is -3.55. The topological polar surface area (TPSA) is 67.2 Å². The Morgan fingerprint density at radius 2 is 2.03 bits per heavy atom. The molecule has 0 saturated heterocycles. The predicted molar refractivity (Wildman–Crippen MR) is 113 cm³/mol. The molecular weight excluding hydrogens is 414 g/mol. The van der Waals surface area contributed by atoms with E-state index in [1.807, 2.05) is 24.3 Å². The van der Waals surface area contributed by atoms with Crippen LogP contribution in [0.15, 0.2) is 48.7 Å². The van der Waals surface area contributed by atoms with Crippen LogP contribution in [-0.2, 0) is 17.8 Å². The van der Waals surface area contributed by atoms with Gasteiger partial charge in [-0.3, -0.25) is 9.59 Å². The van der Waals surface area contributed by atoms with Crippen LogP contribution in [-0.4, -0.2) is 33.0 Å². The molecule has 32 heavy (non-hydrogen) atoms. The number of hydrogen-bond acceptors (Lipinski definition) is 3. The zero-order chi connectivity index (χ0) is 22.2. The van der Waals surface area contributed by atoms with E-state index in [0.717, 1.165) is 35.7 Å². The maximum Gasteiger partial charge on any atom is 0.254 e. The van der Waals surface area contributed by atoms with E-state index in [4.69, 9.17) is 0 Å². The Labute approximate surface area is 183 Å². The molecule has 2 aromatic carbocycles. The molecule has 6 nitrogen and oxygen atoms in total. The van der Waals surface area contributed by atoms with E-state index in [1.165, 1.54) is 16.8 Å². The zero-order valence-electron chi connectivity index (χ0n) is 17.4. The van der Waals surface area contributed by atoms with E-state index in [9.17, 15) is 18.4 Å². The number of rotatable bonds is 5. The Bertz CT molecular complexity index is 1210. The van der Waals surface area contributed by atoms with Gasteiger partial charge in [-0.1, -0.05) is 18.2 Å². The van der Waals surface area contributed by atoms with Crippen LogP contribution in [0.3, 0.4) is 0 Å². The molecule has 2 amide bonds. The van der Waals surface area contributed by atoms with Gasteiger partial charge in [0.25, 0.3) is 5.91 Å². The zero-order valence-corrected chi connectivity index (χ0v) is 17.4. The Morgan fingerprint density at radius 3 is 2.84 bits per heavy atom. The minimum atomic E-state index is -0.682. The van der Waals surface area contributed by atoms with Gasteiger partial charge < -0.3 is 10.2 Å². The standard InChI is InChI=1S/C24H22F2N4O2/c25-16-8-9-22(19(26)12-16)30-21-7-3-6-20(18(21)13-27-30)28-23(31)10-11-29-14-15-4-1-2-5-17(15)24(29)32/h1-2,4-5,8-9,12-13,20H,3,6-7,10-11,14H2,(H,28,31)/t20-/m1/s1. The molecule has 0 saturated carbocycles. The van der Waals surface area contributed by atoms with E-state index in [1.54, 1.807) is 11.1 Å². The van der Waals surface area contributed by atoms with Crippen molar-refractivity contribution >= 4 is 11.8 Å². The molecule has 0 spiro atoms. The number of carbonyl (C=O) groups excluding carboxylic acids is 2. The number of halogens is 2. The number of nitrogens with one attached hydrogen (secondary N) is 1. The van der Waals surface area contributed by atoms with E-state index in [0.29, 0.717) is 25.1 Å². The maximum absolute atomic E-state index is 14.3. The smallest absolute Gasteiger partial charge is 0.254 e. The first-order chi connectivity index (χ1) is 15.5. The van der Waals surface area contributed by atoms with Gasteiger partial charge >= 0.3 is 0 Å². The van der Waals surface area contributed by atoms with Crippen molar-refractivity contribution in [3.8, 4) is 5.69 Å². The average molecular weight is 436 g/mol. The number of aromatic nitrogens is 2. The van der Waals surface area contributed by atoms with Crippen molar-refractivity contribution in [2.24, 2.45) is 0 Å². The van der Waals surface area contributed by atoms with Gasteiger partial charge in [-0.05, 0) is 43.0 Å². The molecule has 0 radical (unpaired) electrons. The monoisotopic (exact) mass is 436 g/mol. The van der Waals surface area contributed by atoms with Gasteiger partial charge in [0, 0.05) is 42.4 Å². The normalized spacial score (nSPS) is 17.2. The van der Waals surface area contributed by atoms with E-state index >= 15 is 0 Å². The highest BCUT2D eigenvalue weighted by molar-refractivity contribution is 5.98. The summed E-state index contributed by atoms with van der Waals surface area (Å²) in [6, 6.07) is 10.7. The fraction of sp³-hybridized carbons (Fsp3) is 0.292. The number of benzene rings is 2. The average Bonchev–Trinajstić information content (AvgIpc) is 3.35. The van der Waals surface area contributed by atoms with Crippen LogP contribution in [0.25, 0.3) is 5.69 Å². The summed E-state index contributed by atoms with van der Waals surface area (Å²) in [4.78, 5) is 26.8. The lowest BCUT2D eigenvalue weighted by atomic mass is 9.92. The highest BCUT2D eigenvalue weighted by atomic mass is 19.1. The molecule has 5 rings (SSSR count). The molecule has 0 unspecified atom stereocenters. The Kier molecular flexibility index (Phi) is 5.20. The third-order valence-corrected chi connectivity index (χ3v) is 6.16. The summed E-state index contributed by atoms with van der Waals surface area (Å²) in [5.41, 5.74) is 3.53. The van der Waals surface area contributed by atoms with Crippen molar-refractivity contribution < 1.29 is 18.4 Å². The third-order valence-electron chi connectivity index (χ3n) is 6.16. The van der Waals surface area contributed by atoms with Crippen LogP contribution in [0.4, 0.5) is 8.78 Å². The van der Waals surface area contributed by atoms with E-state index in [2.05, 4.69) is 10.4 Å². The second-order valence-electron chi connectivity index (χ2n) is 8.20. The van der Waals surface area contributed by atoms with Gasteiger partial charge in [0.2, 0.25) is 5.91 Å². The predicted octanol–water partition coefficient (Wildman–Crippen LogP) is 3.69. The first-order valence-electron chi connectivity index (χ1n) is 10.7. The molecular formula is C24H22F2N4O2. The lowest BCUT2D eigenvalue weighted by Crippen LogP contribution is -2.34. The van der Waals surface area contributed by atoms with E-state index in [-0.39, 0.29) is 30.0 Å². The maximum atomic E-state index is 14.3. The van der Waals surface area contributed by atoms with Gasteiger partial charge in [0.15, 0.2) is 5.82 Å². The molecule has 164 valence electrons. The van der Waals surface area contributed by atoms with Crippen LogP contribution in [0.1, 0.15) is 52.5 Å². The first-order valence-corrected chi connectivity index (χ1v) is 10.7. The molecule has 2 aliphatic rings. The van der Waals surface area contributed by atoms with Gasteiger partial charge in [0.1, 0.15) is 11.5 Å². The molecule has 8 heteroatoms. The number of amides is 2. The van der Waals surface area contributed by atoms with Crippen molar-refractivity contribution in [3.05, 3.63) is 82.7 Å². The minimum absolute atomic E-state index is 0.0454. The minimum Gasteiger partial charge on any atom is -0.349 e. The van der Waals surface area contributed by atoms with Gasteiger partial charge in [-0.2, -0.15) is 5.10 Å². The molecule has 1 aliphatic heterocycles. The third kappa shape index (κ3) is 3.66. The summed E-state index contributed by atoms with van der Waals surface area (Å²) >= 11 is 0. The van der Waals surface area contributed by atoms with Gasteiger partial charge in [0.05, 0.1) is 12.2 Å². The molecule has 1 aromatic heterocycles. The van der Waals surface area contributed by atoms with Crippen LogP contribution < -0.4 is 5.32 Å². The Balaban J connectivity index is 1.25. The lowest BCUT2D eigenvalue weighted by Gasteiger charge is -2.25. The largest absolute Gasteiger partial charge is 0.349 e. The second kappa shape index (κ2) is 8.18. The summed E-state index contributed by atoms with van der Waals surface area (Å²) in [7, 11) is 0. The van der Waals surface area contributed by atoms with Crippen molar-refractivity contribution in [1.29, 1.82) is 0 Å². The van der Waals surface area contributed by atoms with Crippen molar-refractivity contribution in [2.45, 2.75) is 38.3 Å². The SMILES string of the molecule is O=C(CCN1Cc2ccccc2C1=O)N[C@@H]1CCCc2c1cnn2-c1ccc(F)cc1F. The van der Waals surface area contributed by atoms with Crippen LogP contribution in [0, 0.1) is 11.6 Å². The summed E-state index contributed by atoms with van der Waals surface area (Å²) in [5, 5.41) is 7.35. The lowest BCUT2D eigenvalue weighted by molar-refractivity contribution is -0.122. The number of hydrogen-bond donors (Lipinski definition) is 1. The van der Waals surface area contributed by atoms with Crippen molar-refractivity contribution in [1.82, 2.24) is 20.0 Å². The van der Waals surface area contributed by atoms with Gasteiger partial charge in [-0.25, -0.2) is 13.5 Å². The fourth-order valence-corrected chi connectivity index (χ4v) is 4.57. The molecule has 3 aromatic rings. The van der Waals surface area contributed by atoms with Crippen molar-refractivity contribution in [3.63, 3.8) is 0 Å². The first kappa shape index (κ1) is 20.4. The summed E-state index contributed by atoms with van der Waals surface area (Å²) in [5.74, 6) is -1.52. The summed E-state index contributed by atoms with van der Waals surface area (Å²) in [6.45, 7) is 0.866. The number of carbonyl (C=O) groups is 2. The molecule has 1 N–H and O–H groups in total. The molecule has 0 bridgehead atoms. The summed E-state index contributed by atoms with van der Waals surface area (Å²) in [6.07, 6.45) is 4.10. The molecule has 0 fully saturated rings. The van der Waals surface area contributed by atoms with Crippen molar-refractivity contribution in [2.75, 3.05) is 6.54 Å². The molecule has 1 aliphatic carbocycles. The second-order valence-corrected chi connectivity index (χ2v) is 8.20.